The number of hydrogen-bond donors (Lipinski definition) is 2. The Bertz CT molecular complexity index is 929. The van der Waals surface area contributed by atoms with E-state index in [9.17, 15) is 4.79 Å². The lowest BCUT2D eigenvalue weighted by Gasteiger charge is -2.10. The second kappa shape index (κ2) is 7.84. The first-order valence-electron chi connectivity index (χ1n) is 7.86. The molecule has 0 atom stereocenters. The van der Waals surface area contributed by atoms with Crippen molar-refractivity contribution in [1.29, 1.82) is 0 Å². The summed E-state index contributed by atoms with van der Waals surface area (Å²) in [7, 11) is 1.59. The van der Waals surface area contributed by atoms with Gasteiger partial charge in [-0.3, -0.25) is 4.79 Å². The van der Waals surface area contributed by atoms with Crippen molar-refractivity contribution >= 4 is 34.7 Å². The van der Waals surface area contributed by atoms with E-state index in [4.69, 9.17) is 16.3 Å². The van der Waals surface area contributed by atoms with Gasteiger partial charge in [-0.1, -0.05) is 11.6 Å². The topological polar surface area (TPSA) is 76.1 Å². The molecule has 0 aliphatic heterocycles. The number of carbonyl (C=O) groups excluding carboxylic acids is 1. The summed E-state index contributed by atoms with van der Waals surface area (Å²) >= 11 is 5.97. The van der Waals surface area contributed by atoms with E-state index < -0.39 is 0 Å². The smallest absolute Gasteiger partial charge is 0.274 e. The summed E-state index contributed by atoms with van der Waals surface area (Å²) in [6.45, 7) is 1.94. The highest BCUT2D eigenvalue weighted by molar-refractivity contribution is 6.30. The number of amides is 1. The summed E-state index contributed by atoms with van der Waals surface area (Å²) < 4.78 is 5.10. The average Bonchev–Trinajstić information content (AvgIpc) is 2.65. The predicted molar refractivity (Wildman–Crippen MR) is 102 cm³/mol. The highest BCUT2D eigenvalue weighted by Crippen LogP contribution is 2.23. The maximum atomic E-state index is 12.4. The largest absolute Gasteiger partial charge is 0.497 e. The van der Waals surface area contributed by atoms with E-state index in [1.165, 1.54) is 6.33 Å². The van der Waals surface area contributed by atoms with E-state index in [1.54, 1.807) is 43.5 Å². The molecule has 0 unspecified atom stereocenters. The maximum absolute atomic E-state index is 12.4. The number of benzene rings is 2. The molecule has 2 N–H and O–H groups in total. The molecule has 26 heavy (non-hydrogen) atoms. The summed E-state index contributed by atoms with van der Waals surface area (Å²) in [4.78, 5) is 20.6. The highest BCUT2D eigenvalue weighted by Gasteiger charge is 2.10. The Kier molecular flexibility index (Phi) is 5.34. The Morgan fingerprint density at radius 1 is 1.08 bits per heavy atom. The Hall–Kier alpha value is -3.12. The van der Waals surface area contributed by atoms with E-state index in [0.717, 1.165) is 17.0 Å². The zero-order valence-corrected chi connectivity index (χ0v) is 15.0. The first kappa shape index (κ1) is 17.7. The van der Waals surface area contributed by atoms with Gasteiger partial charge in [0.1, 0.15) is 23.6 Å². The van der Waals surface area contributed by atoms with E-state index in [1.807, 2.05) is 19.1 Å². The maximum Gasteiger partial charge on any atom is 0.274 e. The van der Waals surface area contributed by atoms with Crippen LogP contribution in [0, 0.1) is 6.92 Å². The molecular formula is C19H17ClN4O2. The summed E-state index contributed by atoms with van der Waals surface area (Å²) in [5, 5.41) is 6.62. The third-order valence-electron chi connectivity index (χ3n) is 3.70. The number of aromatic nitrogens is 2. The van der Waals surface area contributed by atoms with Gasteiger partial charge in [0, 0.05) is 22.5 Å². The van der Waals surface area contributed by atoms with Crippen LogP contribution >= 0.6 is 11.6 Å². The van der Waals surface area contributed by atoms with Crippen molar-refractivity contribution in [3.05, 3.63) is 71.1 Å². The van der Waals surface area contributed by atoms with E-state index in [0.29, 0.717) is 16.5 Å². The first-order valence-corrected chi connectivity index (χ1v) is 8.23. The molecule has 0 aliphatic rings. The van der Waals surface area contributed by atoms with Crippen LogP contribution < -0.4 is 15.4 Å². The number of rotatable bonds is 5. The molecule has 1 aromatic heterocycles. The minimum atomic E-state index is -0.326. The molecule has 0 saturated carbocycles. The van der Waals surface area contributed by atoms with Crippen molar-refractivity contribution in [2.24, 2.45) is 0 Å². The number of ether oxygens (including phenoxy) is 1. The molecule has 0 radical (unpaired) electrons. The molecule has 1 heterocycles. The third-order valence-corrected chi connectivity index (χ3v) is 3.93. The molecule has 6 nitrogen and oxygen atoms in total. The number of hydrogen-bond acceptors (Lipinski definition) is 5. The molecule has 132 valence electrons. The number of nitrogens with zero attached hydrogens (tertiary/aromatic N) is 2. The first-order chi connectivity index (χ1) is 12.5. The normalized spacial score (nSPS) is 10.3. The van der Waals surface area contributed by atoms with Gasteiger partial charge in [0.05, 0.1) is 7.11 Å². The van der Waals surface area contributed by atoms with Crippen molar-refractivity contribution in [2.45, 2.75) is 6.92 Å². The molecule has 0 aliphatic carbocycles. The number of carbonyl (C=O) groups is 1. The van der Waals surface area contributed by atoms with Gasteiger partial charge in [-0.05, 0) is 55.0 Å². The number of methoxy groups -OCH3 is 1. The predicted octanol–water partition coefficient (Wildman–Crippen LogP) is 4.44. The van der Waals surface area contributed by atoms with Crippen molar-refractivity contribution < 1.29 is 9.53 Å². The Morgan fingerprint density at radius 2 is 1.85 bits per heavy atom. The van der Waals surface area contributed by atoms with Crippen LogP contribution in [0.1, 0.15) is 16.1 Å². The zero-order valence-electron chi connectivity index (χ0n) is 14.3. The van der Waals surface area contributed by atoms with Gasteiger partial charge in [-0.2, -0.15) is 0 Å². The molecule has 3 aromatic rings. The Labute approximate surface area is 156 Å². The molecule has 0 spiro atoms. The fourth-order valence-electron chi connectivity index (χ4n) is 2.32. The summed E-state index contributed by atoms with van der Waals surface area (Å²) in [6, 6.07) is 14.1. The van der Waals surface area contributed by atoms with Crippen LogP contribution in [-0.4, -0.2) is 23.0 Å². The van der Waals surface area contributed by atoms with Crippen LogP contribution in [0.2, 0.25) is 5.02 Å². The van der Waals surface area contributed by atoms with Crippen LogP contribution in [0.3, 0.4) is 0 Å². The molecule has 0 bridgehead atoms. The van der Waals surface area contributed by atoms with Crippen molar-refractivity contribution in [1.82, 2.24) is 9.97 Å². The Morgan fingerprint density at radius 3 is 2.54 bits per heavy atom. The second-order valence-electron chi connectivity index (χ2n) is 5.56. The quantitative estimate of drug-likeness (QED) is 0.696. The SMILES string of the molecule is COc1ccc(NC(=O)c2cc(Nc3ccc(Cl)cc3C)ncn2)cc1. The van der Waals surface area contributed by atoms with Crippen LogP contribution in [0.4, 0.5) is 17.2 Å². The van der Waals surface area contributed by atoms with Gasteiger partial charge in [0.25, 0.3) is 5.91 Å². The fraction of sp³-hybridized carbons (Fsp3) is 0.105. The molecular weight excluding hydrogens is 352 g/mol. The molecule has 1 amide bonds. The lowest BCUT2D eigenvalue weighted by Crippen LogP contribution is -2.14. The van der Waals surface area contributed by atoms with Crippen molar-refractivity contribution in [3.63, 3.8) is 0 Å². The summed E-state index contributed by atoms with van der Waals surface area (Å²) in [6.07, 6.45) is 1.34. The van der Waals surface area contributed by atoms with Crippen LogP contribution in [-0.2, 0) is 0 Å². The minimum absolute atomic E-state index is 0.255. The summed E-state index contributed by atoms with van der Waals surface area (Å²) in [5.41, 5.74) is 2.73. The van der Waals surface area contributed by atoms with E-state index >= 15 is 0 Å². The fourth-order valence-corrected chi connectivity index (χ4v) is 2.55. The van der Waals surface area contributed by atoms with Crippen molar-refractivity contribution in [3.8, 4) is 5.75 Å². The summed E-state index contributed by atoms with van der Waals surface area (Å²) in [5.74, 6) is 0.911. The van der Waals surface area contributed by atoms with Gasteiger partial charge in [0.2, 0.25) is 0 Å². The van der Waals surface area contributed by atoms with Gasteiger partial charge < -0.3 is 15.4 Å². The molecule has 0 saturated heterocycles. The molecule has 7 heteroatoms. The molecule has 2 aromatic carbocycles. The lowest BCUT2D eigenvalue weighted by molar-refractivity contribution is 0.102. The van der Waals surface area contributed by atoms with Crippen LogP contribution in [0.15, 0.2) is 54.9 Å². The number of halogens is 1. The van der Waals surface area contributed by atoms with Gasteiger partial charge in [-0.25, -0.2) is 9.97 Å². The Balaban J connectivity index is 1.74. The van der Waals surface area contributed by atoms with Crippen molar-refractivity contribution in [2.75, 3.05) is 17.7 Å². The van der Waals surface area contributed by atoms with Gasteiger partial charge in [0.15, 0.2) is 0 Å². The molecule has 0 fully saturated rings. The standard InChI is InChI=1S/C19H17ClN4O2/c1-12-9-13(20)3-8-16(12)24-18-10-17(21-11-22-18)19(25)23-14-4-6-15(26-2)7-5-14/h3-11H,1-2H3,(H,23,25)(H,21,22,24). The average molecular weight is 369 g/mol. The number of anilines is 3. The van der Waals surface area contributed by atoms with Gasteiger partial charge in [-0.15, -0.1) is 0 Å². The van der Waals surface area contributed by atoms with Gasteiger partial charge >= 0.3 is 0 Å². The van der Waals surface area contributed by atoms with Crippen LogP contribution in [0.5, 0.6) is 5.75 Å². The number of nitrogens with one attached hydrogen (secondary N) is 2. The molecule has 3 rings (SSSR count). The lowest BCUT2D eigenvalue weighted by atomic mass is 10.2. The minimum Gasteiger partial charge on any atom is -0.497 e. The van der Waals surface area contributed by atoms with Crippen LogP contribution in [0.25, 0.3) is 0 Å². The zero-order chi connectivity index (χ0) is 18.5. The van der Waals surface area contributed by atoms with E-state index in [-0.39, 0.29) is 11.6 Å². The van der Waals surface area contributed by atoms with E-state index in [2.05, 4.69) is 20.6 Å². The highest BCUT2D eigenvalue weighted by atomic mass is 35.5. The number of aryl methyl sites for hydroxylation is 1. The monoisotopic (exact) mass is 368 g/mol. The third kappa shape index (κ3) is 4.29. The second-order valence-corrected chi connectivity index (χ2v) is 5.99.